The van der Waals surface area contributed by atoms with Crippen LogP contribution in [0, 0.1) is 18.3 Å². The van der Waals surface area contributed by atoms with Crippen LogP contribution >= 0.6 is 0 Å². The predicted molar refractivity (Wildman–Crippen MR) is 121 cm³/mol. The van der Waals surface area contributed by atoms with E-state index in [-0.39, 0.29) is 11.9 Å². The van der Waals surface area contributed by atoms with Crippen molar-refractivity contribution in [3.63, 3.8) is 0 Å². The van der Waals surface area contributed by atoms with Crippen molar-refractivity contribution in [2.75, 3.05) is 51.3 Å². The molecular weight excluding hydrogens is 406 g/mol. The number of anilines is 1. The fourth-order valence-corrected chi connectivity index (χ4v) is 4.70. The molecule has 0 N–H and O–H groups in total. The zero-order valence-corrected chi connectivity index (χ0v) is 18.9. The Morgan fingerprint density at radius 3 is 2.59 bits per heavy atom. The average Bonchev–Trinajstić information content (AvgIpc) is 3.06. The highest BCUT2D eigenvalue weighted by molar-refractivity contribution is 5.78. The fourth-order valence-electron chi connectivity index (χ4n) is 4.70. The van der Waals surface area contributed by atoms with Gasteiger partial charge in [0.05, 0.1) is 13.7 Å². The third-order valence-corrected chi connectivity index (χ3v) is 6.44. The van der Waals surface area contributed by atoms with E-state index in [2.05, 4.69) is 28.1 Å². The van der Waals surface area contributed by atoms with Crippen LogP contribution in [0.4, 0.5) is 5.88 Å². The molecule has 2 aromatic rings. The number of hydrogen-bond donors (Lipinski definition) is 0. The van der Waals surface area contributed by atoms with Gasteiger partial charge in [0.15, 0.2) is 5.89 Å². The topological polar surface area (TPSA) is 85.8 Å². The summed E-state index contributed by atoms with van der Waals surface area (Å²) in [7, 11) is 1.68. The fraction of sp³-hybridized carbons (Fsp3) is 0.542. The second-order valence-electron chi connectivity index (χ2n) is 8.48. The van der Waals surface area contributed by atoms with Crippen molar-refractivity contribution in [3.8, 4) is 11.8 Å². The maximum atomic E-state index is 13.2. The summed E-state index contributed by atoms with van der Waals surface area (Å²) in [6.45, 7) is 5.61. The molecule has 3 heterocycles. The van der Waals surface area contributed by atoms with Gasteiger partial charge in [-0.15, -0.1) is 0 Å². The molecule has 8 nitrogen and oxygen atoms in total. The number of hydrogen-bond acceptors (Lipinski definition) is 7. The van der Waals surface area contributed by atoms with E-state index in [1.54, 1.807) is 14.0 Å². The minimum absolute atomic E-state index is 0.166. The molecule has 2 saturated heterocycles. The van der Waals surface area contributed by atoms with Gasteiger partial charge in [0.1, 0.15) is 11.8 Å². The van der Waals surface area contributed by atoms with E-state index < -0.39 is 0 Å². The number of rotatable bonds is 5. The lowest BCUT2D eigenvalue weighted by atomic mass is 10.0. The smallest absolute Gasteiger partial charge is 0.236 e. The maximum absolute atomic E-state index is 13.2. The Morgan fingerprint density at radius 1 is 1.16 bits per heavy atom. The van der Waals surface area contributed by atoms with Crippen molar-refractivity contribution in [1.29, 1.82) is 5.26 Å². The lowest BCUT2D eigenvalue weighted by molar-refractivity contribution is -0.133. The van der Waals surface area contributed by atoms with Crippen molar-refractivity contribution < 1.29 is 13.9 Å². The Hall–Kier alpha value is -3.05. The molecular formula is C24H31N5O3. The van der Waals surface area contributed by atoms with Crippen molar-refractivity contribution in [1.82, 2.24) is 14.8 Å². The number of nitriles is 1. The molecule has 1 unspecified atom stereocenters. The number of carbonyl (C=O) groups is 1. The van der Waals surface area contributed by atoms with E-state index >= 15 is 0 Å². The zero-order valence-electron chi connectivity index (χ0n) is 18.9. The summed E-state index contributed by atoms with van der Waals surface area (Å²) in [5, 5.41) is 9.28. The van der Waals surface area contributed by atoms with Crippen LogP contribution in [0.3, 0.4) is 0 Å². The number of oxazole rings is 1. The van der Waals surface area contributed by atoms with E-state index in [4.69, 9.17) is 9.15 Å². The SMILES string of the molecule is COc1ccc(C2CCCCCN2CC(=O)N2CCN(c3oc(C)nc3C#N)CC2)cc1. The first-order chi connectivity index (χ1) is 15.6. The van der Waals surface area contributed by atoms with Gasteiger partial charge in [-0.1, -0.05) is 25.0 Å². The van der Waals surface area contributed by atoms with Gasteiger partial charge in [-0.2, -0.15) is 5.26 Å². The second kappa shape index (κ2) is 10.0. The third-order valence-electron chi connectivity index (χ3n) is 6.44. The summed E-state index contributed by atoms with van der Waals surface area (Å²) in [6.07, 6.45) is 4.57. The molecule has 0 aliphatic carbocycles. The van der Waals surface area contributed by atoms with Crippen molar-refractivity contribution in [2.45, 2.75) is 38.6 Å². The van der Waals surface area contributed by atoms with E-state index in [1.807, 2.05) is 21.9 Å². The minimum Gasteiger partial charge on any atom is -0.497 e. The molecule has 170 valence electrons. The van der Waals surface area contributed by atoms with Crippen LogP contribution in [0.1, 0.15) is 48.9 Å². The van der Waals surface area contributed by atoms with E-state index in [0.29, 0.717) is 50.2 Å². The van der Waals surface area contributed by atoms with E-state index in [0.717, 1.165) is 25.1 Å². The first-order valence-corrected chi connectivity index (χ1v) is 11.4. The summed E-state index contributed by atoms with van der Waals surface area (Å²) < 4.78 is 10.9. The van der Waals surface area contributed by atoms with Gasteiger partial charge in [0, 0.05) is 39.1 Å². The highest BCUT2D eigenvalue weighted by atomic mass is 16.5. The predicted octanol–water partition coefficient (Wildman–Crippen LogP) is 3.13. The normalized spacial score (nSPS) is 20.0. The number of likely N-dealkylation sites (tertiary alicyclic amines) is 1. The monoisotopic (exact) mass is 437 g/mol. The Balaban J connectivity index is 1.39. The van der Waals surface area contributed by atoms with E-state index in [1.165, 1.54) is 18.4 Å². The number of piperazine rings is 1. The van der Waals surface area contributed by atoms with E-state index in [9.17, 15) is 10.1 Å². The molecule has 2 fully saturated rings. The third kappa shape index (κ3) is 4.89. The van der Waals surface area contributed by atoms with Crippen LogP contribution in [0.15, 0.2) is 28.7 Å². The highest BCUT2D eigenvalue weighted by Gasteiger charge is 2.29. The molecule has 2 aliphatic heterocycles. The number of benzene rings is 1. The van der Waals surface area contributed by atoms with Crippen molar-refractivity contribution >= 4 is 11.8 Å². The summed E-state index contributed by atoms with van der Waals surface area (Å²) in [5.41, 5.74) is 1.56. The molecule has 1 amide bonds. The number of ether oxygens (including phenoxy) is 1. The van der Waals surface area contributed by atoms with Gasteiger partial charge in [0.25, 0.3) is 0 Å². The summed E-state index contributed by atoms with van der Waals surface area (Å²) in [5.74, 6) is 2.02. The summed E-state index contributed by atoms with van der Waals surface area (Å²) >= 11 is 0. The lowest BCUT2D eigenvalue weighted by Crippen LogP contribution is -2.51. The zero-order chi connectivity index (χ0) is 22.5. The Morgan fingerprint density at radius 2 is 1.91 bits per heavy atom. The van der Waals surface area contributed by atoms with Crippen molar-refractivity contribution in [2.24, 2.45) is 0 Å². The Labute approximate surface area is 189 Å². The Kier molecular flexibility index (Phi) is 6.96. The summed E-state index contributed by atoms with van der Waals surface area (Å²) in [6, 6.07) is 10.6. The lowest BCUT2D eigenvalue weighted by Gasteiger charge is -2.37. The largest absolute Gasteiger partial charge is 0.497 e. The molecule has 0 saturated carbocycles. The van der Waals surface area contributed by atoms with Crippen LogP contribution in [-0.4, -0.2) is 67.1 Å². The molecule has 0 radical (unpaired) electrons. The van der Waals surface area contributed by atoms with Gasteiger partial charge in [-0.05, 0) is 37.1 Å². The van der Waals surface area contributed by atoms with Crippen molar-refractivity contribution in [3.05, 3.63) is 41.4 Å². The van der Waals surface area contributed by atoms with Crippen LogP contribution in [0.25, 0.3) is 0 Å². The van der Waals surface area contributed by atoms with Crippen LogP contribution in [-0.2, 0) is 4.79 Å². The average molecular weight is 438 g/mol. The minimum atomic E-state index is 0.166. The number of amides is 1. The van der Waals surface area contributed by atoms with Gasteiger partial charge in [0.2, 0.25) is 17.5 Å². The van der Waals surface area contributed by atoms with Gasteiger partial charge in [-0.3, -0.25) is 9.69 Å². The molecule has 2 aliphatic rings. The number of carbonyl (C=O) groups excluding carboxylic acids is 1. The van der Waals surface area contributed by atoms with Crippen LogP contribution in [0.5, 0.6) is 5.75 Å². The summed E-state index contributed by atoms with van der Waals surface area (Å²) in [4.78, 5) is 23.6. The molecule has 8 heteroatoms. The van der Waals surface area contributed by atoms with Gasteiger partial charge in [-0.25, -0.2) is 4.98 Å². The first-order valence-electron chi connectivity index (χ1n) is 11.4. The van der Waals surface area contributed by atoms with Crippen LogP contribution < -0.4 is 9.64 Å². The maximum Gasteiger partial charge on any atom is 0.236 e. The standard InChI is InChI=1S/C24H31N5O3/c1-18-26-21(16-25)24(32-18)28-14-12-27(13-15-28)23(30)17-29-11-5-3-4-6-22(29)19-7-9-20(31-2)10-8-19/h7-10,22H,3-6,11-15,17H2,1-2H3. The van der Waals surface area contributed by atoms with Gasteiger partial charge >= 0.3 is 0 Å². The number of methoxy groups -OCH3 is 1. The molecule has 1 aromatic carbocycles. The number of aryl methyl sites for hydroxylation is 1. The second-order valence-corrected chi connectivity index (χ2v) is 8.48. The molecule has 1 atom stereocenters. The molecule has 4 rings (SSSR count). The molecule has 32 heavy (non-hydrogen) atoms. The highest BCUT2D eigenvalue weighted by Crippen LogP contribution is 2.31. The number of nitrogens with zero attached hydrogens (tertiary/aromatic N) is 5. The Bertz CT molecular complexity index is 957. The molecule has 0 bridgehead atoms. The first kappa shape index (κ1) is 22.2. The number of aromatic nitrogens is 1. The quantitative estimate of drug-likeness (QED) is 0.710. The van der Waals surface area contributed by atoms with Crippen LogP contribution in [0.2, 0.25) is 0 Å². The molecule has 1 aromatic heterocycles. The van der Waals surface area contributed by atoms with Gasteiger partial charge < -0.3 is 19.0 Å². The molecule has 0 spiro atoms.